The summed E-state index contributed by atoms with van der Waals surface area (Å²) in [5.41, 5.74) is 2.32. The Morgan fingerprint density at radius 2 is 2.13 bits per heavy atom. The Bertz CT molecular complexity index is 544. The standard InChI is InChI=1S/C18H25NO4/c1-2-3-4-8-14(12-19-18(21)22)17(20)23-16-11-10-13-7-5-6-9-15(13)16/h5-7,9,14,16,19H,2-4,8,10-12H2,1H3,(H,21,22). The molecule has 5 nitrogen and oxygen atoms in total. The zero-order valence-corrected chi connectivity index (χ0v) is 13.6. The van der Waals surface area contributed by atoms with E-state index in [0.29, 0.717) is 6.42 Å². The van der Waals surface area contributed by atoms with Gasteiger partial charge in [-0.3, -0.25) is 4.79 Å². The summed E-state index contributed by atoms with van der Waals surface area (Å²) < 4.78 is 5.69. The molecule has 0 radical (unpaired) electrons. The van der Waals surface area contributed by atoms with Crippen LogP contribution in [0.1, 0.15) is 56.3 Å². The maximum atomic E-state index is 12.5. The van der Waals surface area contributed by atoms with Crippen LogP contribution in [-0.2, 0) is 16.0 Å². The molecule has 0 fully saturated rings. The summed E-state index contributed by atoms with van der Waals surface area (Å²) in [6, 6.07) is 8.01. The maximum Gasteiger partial charge on any atom is 0.404 e. The first-order valence-corrected chi connectivity index (χ1v) is 8.37. The molecule has 0 saturated carbocycles. The van der Waals surface area contributed by atoms with Gasteiger partial charge in [0, 0.05) is 6.54 Å². The second-order valence-corrected chi connectivity index (χ2v) is 6.04. The number of carbonyl (C=O) groups is 2. The molecule has 0 saturated heterocycles. The molecule has 0 spiro atoms. The van der Waals surface area contributed by atoms with Gasteiger partial charge in [-0.2, -0.15) is 0 Å². The first-order chi connectivity index (χ1) is 11.1. The van der Waals surface area contributed by atoms with E-state index >= 15 is 0 Å². The van der Waals surface area contributed by atoms with E-state index in [1.165, 1.54) is 5.56 Å². The minimum atomic E-state index is -1.11. The number of carbonyl (C=O) groups excluding carboxylic acids is 1. The Hall–Kier alpha value is -2.04. The van der Waals surface area contributed by atoms with Crippen molar-refractivity contribution < 1.29 is 19.4 Å². The van der Waals surface area contributed by atoms with E-state index < -0.39 is 12.0 Å². The van der Waals surface area contributed by atoms with Crippen molar-refractivity contribution in [3.05, 3.63) is 35.4 Å². The van der Waals surface area contributed by atoms with E-state index in [1.807, 2.05) is 18.2 Å². The van der Waals surface area contributed by atoms with Crippen molar-refractivity contribution in [2.24, 2.45) is 5.92 Å². The number of nitrogens with one attached hydrogen (secondary N) is 1. The van der Waals surface area contributed by atoms with Gasteiger partial charge >= 0.3 is 12.1 Å². The van der Waals surface area contributed by atoms with Gasteiger partial charge in [-0.1, -0.05) is 50.5 Å². The third kappa shape index (κ3) is 4.98. The summed E-state index contributed by atoms with van der Waals surface area (Å²) in [6.45, 7) is 2.21. The molecule has 1 aliphatic carbocycles. The number of hydrogen-bond acceptors (Lipinski definition) is 3. The highest BCUT2D eigenvalue weighted by Gasteiger charge is 2.28. The molecule has 1 aromatic rings. The van der Waals surface area contributed by atoms with Crippen molar-refractivity contribution in [2.45, 2.75) is 51.6 Å². The Labute approximate surface area is 137 Å². The van der Waals surface area contributed by atoms with Crippen LogP contribution in [-0.4, -0.2) is 23.7 Å². The molecule has 2 unspecified atom stereocenters. The lowest BCUT2D eigenvalue weighted by molar-refractivity contribution is -0.154. The van der Waals surface area contributed by atoms with E-state index in [2.05, 4.69) is 18.3 Å². The third-order valence-corrected chi connectivity index (χ3v) is 4.33. The van der Waals surface area contributed by atoms with Gasteiger partial charge in [0.1, 0.15) is 6.10 Å². The molecule has 2 atom stereocenters. The average molecular weight is 319 g/mol. The van der Waals surface area contributed by atoms with E-state index in [-0.39, 0.29) is 18.6 Å². The monoisotopic (exact) mass is 319 g/mol. The molecule has 0 heterocycles. The van der Waals surface area contributed by atoms with E-state index in [1.54, 1.807) is 0 Å². The fourth-order valence-corrected chi connectivity index (χ4v) is 3.03. The lowest BCUT2D eigenvalue weighted by atomic mass is 10.0. The Balaban J connectivity index is 1.95. The lowest BCUT2D eigenvalue weighted by Crippen LogP contribution is -2.33. The van der Waals surface area contributed by atoms with Gasteiger partial charge < -0.3 is 15.2 Å². The van der Waals surface area contributed by atoms with Crippen LogP contribution in [0.25, 0.3) is 0 Å². The van der Waals surface area contributed by atoms with Crippen molar-refractivity contribution in [1.29, 1.82) is 0 Å². The van der Waals surface area contributed by atoms with Gasteiger partial charge in [-0.25, -0.2) is 4.79 Å². The Morgan fingerprint density at radius 3 is 2.87 bits per heavy atom. The van der Waals surface area contributed by atoms with E-state index in [4.69, 9.17) is 9.84 Å². The number of benzene rings is 1. The highest BCUT2D eigenvalue weighted by atomic mass is 16.5. The van der Waals surface area contributed by atoms with Gasteiger partial charge in [0.15, 0.2) is 0 Å². The molecule has 1 aliphatic rings. The van der Waals surface area contributed by atoms with Crippen LogP contribution in [0.15, 0.2) is 24.3 Å². The van der Waals surface area contributed by atoms with Gasteiger partial charge in [-0.05, 0) is 30.4 Å². The Morgan fingerprint density at radius 1 is 1.35 bits per heavy atom. The number of ether oxygens (including phenoxy) is 1. The average Bonchev–Trinajstić information content (AvgIpc) is 2.93. The van der Waals surface area contributed by atoms with Gasteiger partial charge in [-0.15, -0.1) is 0 Å². The highest BCUT2D eigenvalue weighted by Crippen LogP contribution is 2.34. The summed E-state index contributed by atoms with van der Waals surface area (Å²) in [7, 11) is 0. The summed E-state index contributed by atoms with van der Waals surface area (Å²) >= 11 is 0. The largest absolute Gasteiger partial charge is 0.465 e. The van der Waals surface area contributed by atoms with Crippen LogP contribution < -0.4 is 5.32 Å². The van der Waals surface area contributed by atoms with E-state index in [0.717, 1.165) is 37.7 Å². The number of fused-ring (bicyclic) bond motifs is 1. The fourth-order valence-electron chi connectivity index (χ4n) is 3.03. The molecule has 126 valence electrons. The molecule has 2 rings (SSSR count). The van der Waals surface area contributed by atoms with Crippen molar-refractivity contribution >= 4 is 12.1 Å². The van der Waals surface area contributed by atoms with Gasteiger partial charge in [0.2, 0.25) is 0 Å². The SMILES string of the molecule is CCCCCC(CNC(=O)O)C(=O)OC1CCc2ccccc21. The van der Waals surface area contributed by atoms with Crippen LogP contribution in [0.2, 0.25) is 0 Å². The predicted octanol–water partition coefficient (Wildman–Crippen LogP) is 3.68. The molecule has 0 bridgehead atoms. The molecular weight excluding hydrogens is 294 g/mol. The topological polar surface area (TPSA) is 75.6 Å². The molecule has 5 heteroatoms. The molecule has 1 amide bonds. The summed E-state index contributed by atoms with van der Waals surface area (Å²) in [5, 5.41) is 11.1. The molecule has 2 N–H and O–H groups in total. The van der Waals surface area contributed by atoms with Crippen molar-refractivity contribution in [2.75, 3.05) is 6.54 Å². The minimum absolute atomic E-state index is 0.117. The third-order valence-electron chi connectivity index (χ3n) is 4.33. The van der Waals surface area contributed by atoms with Gasteiger partial charge in [0.25, 0.3) is 0 Å². The highest BCUT2D eigenvalue weighted by molar-refractivity contribution is 5.74. The van der Waals surface area contributed by atoms with Crippen molar-refractivity contribution in [3.8, 4) is 0 Å². The molecule has 23 heavy (non-hydrogen) atoms. The number of aryl methyl sites for hydroxylation is 1. The van der Waals surface area contributed by atoms with Crippen LogP contribution in [0.3, 0.4) is 0 Å². The number of hydrogen-bond donors (Lipinski definition) is 2. The maximum absolute atomic E-state index is 12.5. The number of rotatable bonds is 8. The van der Waals surface area contributed by atoms with Crippen molar-refractivity contribution in [1.82, 2.24) is 5.32 Å². The summed E-state index contributed by atoms with van der Waals surface area (Å²) in [4.78, 5) is 23.2. The predicted molar refractivity (Wildman–Crippen MR) is 87.3 cm³/mol. The second-order valence-electron chi connectivity index (χ2n) is 6.04. The minimum Gasteiger partial charge on any atom is -0.465 e. The number of unbranched alkanes of at least 4 members (excludes halogenated alkanes) is 2. The summed E-state index contributed by atoms with van der Waals surface area (Å²) in [5.74, 6) is -0.707. The fraction of sp³-hybridized carbons (Fsp3) is 0.556. The smallest absolute Gasteiger partial charge is 0.404 e. The molecule has 1 aromatic carbocycles. The second kappa shape index (κ2) is 8.56. The van der Waals surface area contributed by atoms with Crippen LogP contribution >= 0.6 is 0 Å². The van der Waals surface area contributed by atoms with Crippen molar-refractivity contribution in [3.63, 3.8) is 0 Å². The van der Waals surface area contributed by atoms with Gasteiger partial charge in [0.05, 0.1) is 5.92 Å². The summed E-state index contributed by atoms with van der Waals surface area (Å²) in [6.07, 6.45) is 4.07. The normalized spacial score (nSPS) is 17.3. The molecule has 0 aliphatic heterocycles. The van der Waals surface area contributed by atoms with Crippen LogP contribution in [0, 0.1) is 5.92 Å². The van der Waals surface area contributed by atoms with E-state index in [9.17, 15) is 9.59 Å². The number of amides is 1. The first-order valence-electron chi connectivity index (χ1n) is 8.37. The lowest BCUT2D eigenvalue weighted by Gasteiger charge is -2.19. The molecule has 0 aromatic heterocycles. The number of carboxylic acid groups (broad SMARTS) is 1. The zero-order chi connectivity index (χ0) is 16.7. The molecular formula is C18H25NO4. The zero-order valence-electron chi connectivity index (χ0n) is 13.6. The van der Waals surface area contributed by atoms with Crippen LogP contribution in [0.5, 0.6) is 0 Å². The first kappa shape index (κ1) is 17.3. The Kier molecular flexibility index (Phi) is 6.44. The quantitative estimate of drug-likeness (QED) is 0.566. The van der Waals surface area contributed by atoms with Crippen LogP contribution in [0.4, 0.5) is 4.79 Å². The number of esters is 1.